The highest BCUT2D eigenvalue weighted by Crippen LogP contribution is 2.35. The molecule has 0 spiro atoms. The van der Waals surface area contributed by atoms with E-state index in [1.807, 2.05) is 0 Å². The van der Waals surface area contributed by atoms with E-state index < -0.39 is 0 Å². The summed E-state index contributed by atoms with van der Waals surface area (Å²) in [6.45, 7) is 0. The summed E-state index contributed by atoms with van der Waals surface area (Å²) in [7, 11) is 4.44. The molecule has 0 aromatic heterocycles. The molecule has 0 aliphatic heterocycles. The third kappa shape index (κ3) is 3.81. The van der Waals surface area contributed by atoms with Gasteiger partial charge in [-0.15, -0.1) is 0 Å². The van der Waals surface area contributed by atoms with Gasteiger partial charge in [-0.3, -0.25) is 4.79 Å². The summed E-state index contributed by atoms with van der Waals surface area (Å²) in [6, 6.07) is 8.10. The molecule has 2 rings (SSSR count). The fourth-order valence-corrected chi connectivity index (χ4v) is 2.33. The number of phenols is 1. The van der Waals surface area contributed by atoms with Crippen LogP contribution in [0.4, 0.5) is 0 Å². The normalized spacial score (nSPS) is 10.7. The standard InChI is InChI=1S/C18H17ClO5/c1-22-12-5-7-16(23-2)13(10-12)15(20)6-4-11-8-14(19)18(21)17(9-11)24-3/h4-10,21H,1-3H3/b6-4+. The van der Waals surface area contributed by atoms with Crippen molar-refractivity contribution in [3.05, 3.63) is 52.6 Å². The van der Waals surface area contributed by atoms with Crippen LogP contribution in [0.15, 0.2) is 36.4 Å². The van der Waals surface area contributed by atoms with Crippen molar-refractivity contribution < 1.29 is 24.1 Å². The minimum Gasteiger partial charge on any atom is -0.503 e. The van der Waals surface area contributed by atoms with Crippen LogP contribution in [-0.2, 0) is 0 Å². The highest BCUT2D eigenvalue weighted by molar-refractivity contribution is 6.32. The van der Waals surface area contributed by atoms with E-state index in [2.05, 4.69) is 0 Å². The maximum absolute atomic E-state index is 12.4. The minimum absolute atomic E-state index is 0.139. The zero-order chi connectivity index (χ0) is 17.7. The highest BCUT2D eigenvalue weighted by atomic mass is 35.5. The van der Waals surface area contributed by atoms with Crippen molar-refractivity contribution in [1.29, 1.82) is 0 Å². The van der Waals surface area contributed by atoms with Crippen molar-refractivity contribution in [3.63, 3.8) is 0 Å². The second-order valence-corrected chi connectivity index (χ2v) is 5.22. The second kappa shape index (κ2) is 7.75. The van der Waals surface area contributed by atoms with Gasteiger partial charge in [0, 0.05) is 0 Å². The van der Waals surface area contributed by atoms with Crippen LogP contribution in [-0.4, -0.2) is 32.2 Å². The predicted molar refractivity (Wildman–Crippen MR) is 92.6 cm³/mol. The molecule has 0 atom stereocenters. The number of hydrogen-bond acceptors (Lipinski definition) is 5. The first-order chi connectivity index (χ1) is 11.5. The Labute approximate surface area is 145 Å². The Hall–Kier alpha value is -2.66. The van der Waals surface area contributed by atoms with Crippen LogP contribution in [0, 0.1) is 0 Å². The maximum atomic E-state index is 12.4. The number of rotatable bonds is 6. The molecule has 0 unspecified atom stereocenters. The van der Waals surface area contributed by atoms with Gasteiger partial charge in [-0.25, -0.2) is 0 Å². The lowest BCUT2D eigenvalue weighted by molar-refractivity contribution is 0.104. The Balaban J connectivity index is 2.33. The fraction of sp³-hybridized carbons (Fsp3) is 0.167. The van der Waals surface area contributed by atoms with Crippen LogP contribution in [0.5, 0.6) is 23.0 Å². The molecule has 0 saturated heterocycles. The number of ether oxygens (including phenoxy) is 3. The van der Waals surface area contributed by atoms with E-state index in [0.717, 1.165) is 0 Å². The fourth-order valence-electron chi connectivity index (χ4n) is 2.11. The molecule has 0 fully saturated rings. The second-order valence-electron chi connectivity index (χ2n) is 4.82. The van der Waals surface area contributed by atoms with E-state index in [9.17, 15) is 9.90 Å². The number of aromatic hydroxyl groups is 1. The number of ketones is 1. The number of methoxy groups -OCH3 is 3. The molecule has 2 aromatic carbocycles. The first kappa shape index (κ1) is 17.7. The van der Waals surface area contributed by atoms with Crippen molar-refractivity contribution in [2.75, 3.05) is 21.3 Å². The van der Waals surface area contributed by atoms with Crippen molar-refractivity contribution in [2.45, 2.75) is 0 Å². The number of allylic oxidation sites excluding steroid dienone is 1. The summed E-state index contributed by atoms with van der Waals surface area (Å²) in [6.07, 6.45) is 2.97. The summed E-state index contributed by atoms with van der Waals surface area (Å²) in [5.41, 5.74) is 0.995. The Kier molecular flexibility index (Phi) is 5.71. The molecule has 0 heterocycles. The topological polar surface area (TPSA) is 65.0 Å². The van der Waals surface area contributed by atoms with E-state index in [-0.39, 0.29) is 22.3 Å². The van der Waals surface area contributed by atoms with Crippen LogP contribution in [0.1, 0.15) is 15.9 Å². The van der Waals surface area contributed by atoms with E-state index in [0.29, 0.717) is 22.6 Å². The molecule has 0 radical (unpaired) electrons. The van der Waals surface area contributed by atoms with Crippen molar-refractivity contribution in [1.82, 2.24) is 0 Å². The first-order valence-corrected chi connectivity index (χ1v) is 7.39. The van der Waals surface area contributed by atoms with E-state index in [1.165, 1.54) is 33.5 Å². The molecule has 6 heteroatoms. The SMILES string of the molecule is COc1ccc(OC)c(C(=O)/C=C/c2cc(Cl)c(O)c(OC)c2)c1. The number of carbonyl (C=O) groups excluding carboxylic acids is 1. The van der Waals surface area contributed by atoms with Crippen molar-refractivity contribution in [3.8, 4) is 23.0 Å². The van der Waals surface area contributed by atoms with Crippen LogP contribution >= 0.6 is 11.6 Å². The molecule has 0 bridgehead atoms. The molecule has 24 heavy (non-hydrogen) atoms. The Morgan fingerprint density at radius 3 is 2.38 bits per heavy atom. The van der Waals surface area contributed by atoms with Crippen LogP contribution < -0.4 is 14.2 Å². The Morgan fingerprint density at radius 2 is 1.75 bits per heavy atom. The van der Waals surface area contributed by atoms with Gasteiger partial charge in [0.25, 0.3) is 0 Å². The summed E-state index contributed by atoms with van der Waals surface area (Å²) in [5.74, 6) is 0.841. The molecule has 126 valence electrons. The number of phenolic OH excluding ortho intramolecular Hbond substituents is 1. The smallest absolute Gasteiger partial charge is 0.189 e. The molecule has 2 aromatic rings. The highest BCUT2D eigenvalue weighted by Gasteiger charge is 2.12. The van der Waals surface area contributed by atoms with E-state index in [4.69, 9.17) is 25.8 Å². The Morgan fingerprint density at radius 1 is 1.04 bits per heavy atom. The lowest BCUT2D eigenvalue weighted by Gasteiger charge is -2.08. The number of halogens is 1. The van der Waals surface area contributed by atoms with E-state index >= 15 is 0 Å². The molecule has 5 nitrogen and oxygen atoms in total. The summed E-state index contributed by atoms with van der Waals surface area (Å²) >= 11 is 5.93. The number of hydrogen-bond donors (Lipinski definition) is 1. The van der Waals surface area contributed by atoms with Crippen LogP contribution in [0.2, 0.25) is 5.02 Å². The zero-order valence-electron chi connectivity index (χ0n) is 13.5. The monoisotopic (exact) mass is 348 g/mol. The molecular weight excluding hydrogens is 332 g/mol. The van der Waals surface area contributed by atoms with Gasteiger partial charge in [0.15, 0.2) is 17.3 Å². The van der Waals surface area contributed by atoms with Gasteiger partial charge in [0.05, 0.1) is 31.9 Å². The largest absolute Gasteiger partial charge is 0.503 e. The predicted octanol–water partition coefficient (Wildman–Crippen LogP) is 3.97. The third-order valence-electron chi connectivity index (χ3n) is 3.37. The van der Waals surface area contributed by atoms with Gasteiger partial charge in [-0.1, -0.05) is 17.7 Å². The first-order valence-electron chi connectivity index (χ1n) is 7.01. The lowest BCUT2D eigenvalue weighted by atomic mass is 10.1. The summed E-state index contributed by atoms with van der Waals surface area (Å²) < 4.78 is 15.4. The third-order valence-corrected chi connectivity index (χ3v) is 3.66. The van der Waals surface area contributed by atoms with Gasteiger partial charge >= 0.3 is 0 Å². The summed E-state index contributed by atoms with van der Waals surface area (Å²) in [4.78, 5) is 12.4. The minimum atomic E-state index is -0.256. The van der Waals surface area contributed by atoms with Crippen molar-refractivity contribution >= 4 is 23.5 Å². The molecule has 0 aliphatic rings. The molecule has 0 aliphatic carbocycles. The van der Waals surface area contributed by atoms with E-state index in [1.54, 1.807) is 30.3 Å². The van der Waals surface area contributed by atoms with Crippen LogP contribution in [0.25, 0.3) is 6.08 Å². The molecule has 0 amide bonds. The molecule has 0 saturated carbocycles. The summed E-state index contributed by atoms with van der Waals surface area (Å²) in [5, 5.41) is 9.86. The van der Waals surface area contributed by atoms with Gasteiger partial charge in [0.1, 0.15) is 11.5 Å². The average Bonchev–Trinajstić information content (AvgIpc) is 2.61. The van der Waals surface area contributed by atoms with Gasteiger partial charge in [0.2, 0.25) is 0 Å². The number of carbonyl (C=O) groups is 1. The number of benzene rings is 2. The quantitative estimate of drug-likeness (QED) is 0.632. The van der Waals surface area contributed by atoms with Crippen molar-refractivity contribution in [2.24, 2.45) is 0 Å². The molecular formula is C18H17ClO5. The average molecular weight is 349 g/mol. The van der Waals surface area contributed by atoms with Gasteiger partial charge < -0.3 is 19.3 Å². The lowest BCUT2D eigenvalue weighted by Crippen LogP contribution is -1.99. The molecule has 1 N–H and O–H groups in total. The van der Waals surface area contributed by atoms with Crippen LogP contribution in [0.3, 0.4) is 0 Å². The Bertz CT molecular complexity index is 783. The van der Waals surface area contributed by atoms with Gasteiger partial charge in [-0.2, -0.15) is 0 Å². The maximum Gasteiger partial charge on any atom is 0.189 e. The van der Waals surface area contributed by atoms with Gasteiger partial charge in [-0.05, 0) is 42.0 Å². The zero-order valence-corrected chi connectivity index (χ0v) is 14.3.